The van der Waals surface area contributed by atoms with Crippen LogP contribution < -0.4 is 0 Å². The van der Waals surface area contributed by atoms with Crippen molar-refractivity contribution in [3.63, 3.8) is 0 Å². The predicted molar refractivity (Wildman–Crippen MR) is 90.0 cm³/mol. The second-order valence-electron chi connectivity index (χ2n) is 5.86. The lowest BCUT2D eigenvalue weighted by atomic mass is 10.1. The van der Waals surface area contributed by atoms with Crippen molar-refractivity contribution < 1.29 is 14.3 Å². The minimum Gasteiger partial charge on any atom is -0.504 e. The van der Waals surface area contributed by atoms with Gasteiger partial charge in [-0.25, -0.2) is 9.37 Å². The lowest BCUT2D eigenvalue weighted by molar-refractivity contribution is 0.0699. The lowest BCUT2D eigenvalue weighted by Gasteiger charge is -2.27. The Labute approximate surface area is 147 Å². The van der Waals surface area contributed by atoms with Crippen molar-refractivity contribution in [1.82, 2.24) is 19.7 Å². The number of hydrogen-bond donors (Lipinski definition) is 1. The molecule has 0 aliphatic carbocycles. The van der Waals surface area contributed by atoms with Gasteiger partial charge in [-0.1, -0.05) is 12.1 Å². The molecule has 2 aromatic heterocycles. The van der Waals surface area contributed by atoms with Gasteiger partial charge in [-0.2, -0.15) is 5.10 Å². The Hall–Kier alpha value is -2.74. The Morgan fingerprint density at radius 3 is 3.08 bits per heavy atom. The van der Waals surface area contributed by atoms with E-state index in [4.69, 9.17) is 0 Å². The van der Waals surface area contributed by atoms with Gasteiger partial charge in [0.2, 0.25) is 0 Å². The Balaban J connectivity index is 1.48. The number of aromatic hydroxyl groups is 1. The van der Waals surface area contributed by atoms with E-state index in [0.29, 0.717) is 37.4 Å². The molecule has 0 radical (unpaired) electrons. The van der Waals surface area contributed by atoms with Crippen molar-refractivity contribution in [2.24, 2.45) is 0 Å². The second kappa shape index (κ2) is 6.29. The highest BCUT2D eigenvalue weighted by atomic mass is 32.1. The molecule has 0 saturated heterocycles. The summed E-state index contributed by atoms with van der Waals surface area (Å²) in [5, 5.41) is 16.3. The first-order chi connectivity index (χ1) is 12.1. The molecule has 1 aromatic carbocycles. The van der Waals surface area contributed by atoms with E-state index in [2.05, 4.69) is 10.1 Å². The third-order valence-corrected chi connectivity index (χ3v) is 5.00. The van der Waals surface area contributed by atoms with Crippen molar-refractivity contribution in [3.8, 4) is 5.75 Å². The van der Waals surface area contributed by atoms with Crippen LogP contribution in [0.5, 0.6) is 5.75 Å². The number of rotatable bonds is 3. The van der Waals surface area contributed by atoms with Crippen LogP contribution in [-0.4, -0.2) is 37.2 Å². The molecule has 1 amide bonds. The first-order valence-electron chi connectivity index (χ1n) is 7.82. The van der Waals surface area contributed by atoms with E-state index in [1.165, 1.54) is 29.7 Å². The first-order valence-corrected chi connectivity index (χ1v) is 8.70. The molecule has 0 unspecified atom stereocenters. The van der Waals surface area contributed by atoms with Crippen LogP contribution in [0.15, 0.2) is 35.8 Å². The maximum Gasteiger partial charge on any atom is 0.273 e. The smallest absolute Gasteiger partial charge is 0.273 e. The number of carbonyl (C=O) groups excluding carboxylic acids is 1. The van der Waals surface area contributed by atoms with Crippen LogP contribution in [0.4, 0.5) is 4.39 Å². The fourth-order valence-electron chi connectivity index (χ4n) is 2.88. The second-order valence-corrected chi connectivity index (χ2v) is 6.80. The maximum absolute atomic E-state index is 13.3. The van der Waals surface area contributed by atoms with Crippen LogP contribution in [-0.2, 0) is 19.5 Å². The van der Waals surface area contributed by atoms with Gasteiger partial charge >= 0.3 is 0 Å². The Bertz CT molecular complexity index is 936. The zero-order valence-corrected chi connectivity index (χ0v) is 14.0. The fourth-order valence-corrected chi connectivity index (χ4v) is 3.68. The largest absolute Gasteiger partial charge is 0.504 e. The molecule has 6 nitrogen and oxygen atoms in total. The monoisotopic (exact) mass is 358 g/mol. The molecule has 0 saturated carbocycles. The summed E-state index contributed by atoms with van der Waals surface area (Å²) in [5.41, 5.74) is 1.83. The van der Waals surface area contributed by atoms with Gasteiger partial charge in [0.15, 0.2) is 5.75 Å². The number of aromatic nitrogens is 3. The van der Waals surface area contributed by atoms with Gasteiger partial charge in [-0.3, -0.25) is 9.48 Å². The molecule has 128 valence electrons. The molecule has 4 rings (SSSR count). The van der Waals surface area contributed by atoms with Crippen molar-refractivity contribution in [1.29, 1.82) is 0 Å². The molecule has 0 bridgehead atoms. The SMILES string of the molecule is O=C(c1csc(Cc2cccc(F)c2)n1)N1CCn2ncc(O)c2C1. The van der Waals surface area contributed by atoms with Crippen molar-refractivity contribution in [2.75, 3.05) is 6.54 Å². The van der Waals surface area contributed by atoms with Crippen molar-refractivity contribution in [2.45, 2.75) is 19.5 Å². The lowest BCUT2D eigenvalue weighted by Crippen LogP contribution is -2.38. The maximum atomic E-state index is 13.3. The van der Waals surface area contributed by atoms with E-state index in [-0.39, 0.29) is 17.5 Å². The van der Waals surface area contributed by atoms with E-state index in [0.717, 1.165) is 10.6 Å². The summed E-state index contributed by atoms with van der Waals surface area (Å²) >= 11 is 1.38. The van der Waals surface area contributed by atoms with Gasteiger partial charge in [0.25, 0.3) is 5.91 Å². The number of halogens is 1. The van der Waals surface area contributed by atoms with Gasteiger partial charge in [-0.15, -0.1) is 11.3 Å². The summed E-state index contributed by atoms with van der Waals surface area (Å²) in [5.74, 6) is -0.355. The molecular formula is C17H15FN4O2S. The standard InChI is InChI=1S/C17H15FN4O2S/c18-12-3-1-2-11(6-12)7-16-20-13(10-25-16)17(24)21-4-5-22-14(9-21)15(23)8-19-22/h1-3,6,8,10,23H,4-5,7,9H2. The number of benzene rings is 1. The summed E-state index contributed by atoms with van der Waals surface area (Å²) in [4.78, 5) is 18.7. The number of fused-ring (bicyclic) bond motifs is 1. The third-order valence-electron chi connectivity index (χ3n) is 4.15. The zero-order chi connectivity index (χ0) is 17.4. The van der Waals surface area contributed by atoms with E-state index >= 15 is 0 Å². The van der Waals surface area contributed by atoms with E-state index in [9.17, 15) is 14.3 Å². The molecule has 0 atom stereocenters. The van der Waals surface area contributed by atoms with Gasteiger partial charge < -0.3 is 10.0 Å². The average Bonchev–Trinajstić information content (AvgIpc) is 3.21. The first kappa shape index (κ1) is 15.8. The van der Waals surface area contributed by atoms with Gasteiger partial charge in [0.1, 0.15) is 11.5 Å². The number of hydrogen-bond acceptors (Lipinski definition) is 5. The van der Waals surface area contributed by atoms with Crippen LogP contribution in [0.1, 0.15) is 26.8 Å². The molecule has 8 heteroatoms. The Morgan fingerprint density at radius 1 is 1.36 bits per heavy atom. The number of nitrogens with zero attached hydrogens (tertiary/aromatic N) is 4. The van der Waals surface area contributed by atoms with Crippen LogP contribution in [0, 0.1) is 5.82 Å². The Kier molecular flexibility index (Phi) is 3.96. The van der Waals surface area contributed by atoms with Crippen LogP contribution in [0.2, 0.25) is 0 Å². The van der Waals surface area contributed by atoms with Crippen molar-refractivity contribution in [3.05, 3.63) is 63.6 Å². The minimum atomic E-state index is -0.282. The zero-order valence-electron chi connectivity index (χ0n) is 13.2. The van der Waals surface area contributed by atoms with Gasteiger partial charge in [-0.05, 0) is 17.7 Å². The number of carbonyl (C=O) groups is 1. The topological polar surface area (TPSA) is 71.2 Å². The third kappa shape index (κ3) is 3.12. The molecule has 1 aliphatic heterocycles. The molecular weight excluding hydrogens is 343 g/mol. The summed E-state index contributed by atoms with van der Waals surface area (Å²) in [6.45, 7) is 1.37. The number of amides is 1. The minimum absolute atomic E-state index is 0.0996. The normalized spacial score (nSPS) is 13.7. The quantitative estimate of drug-likeness (QED) is 0.781. The summed E-state index contributed by atoms with van der Waals surface area (Å²) < 4.78 is 15.0. The molecule has 3 aromatic rings. The highest BCUT2D eigenvalue weighted by molar-refractivity contribution is 7.09. The summed E-state index contributed by atoms with van der Waals surface area (Å²) in [6, 6.07) is 6.36. The number of thiazole rings is 1. The molecule has 1 N–H and O–H groups in total. The van der Waals surface area contributed by atoms with E-state index < -0.39 is 0 Å². The fraction of sp³-hybridized carbons (Fsp3) is 0.235. The van der Waals surface area contributed by atoms with E-state index in [1.54, 1.807) is 21.0 Å². The summed E-state index contributed by atoms with van der Waals surface area (Å²) in [6.07, 6.45) is 1.88. The van der Waals surface area contributed by atoms with Gasteiger partial charge in [0, 0.05) is 18.3 Å². The molecule has 25 heavy (non-hydrogen) atoms. The van der Waals surface area contributed by atoms with Gasteiger partial charge in [0.05, 0.1) is 30.0 Å². The van der Waals surface area contributed by atoms with E-state index in [1.807, 2.05) is 6.07 Å². The highest BCUT2D eigenvalue weighted by Gasteiger charge is 2.26. The van der Waals surface area contributed by atoms with Crippen LogP contribution in [0.25, 0.3) is 0 Å². The predicted octanol–water partition coefficient (Wildman–Crippen LogP) is 2.43. The summed E-state index contributed by atoms with van der Waals surface area (Å²) in [7, 11) is 0. The molecule has 0 spiro atoms. The average molecular weight is 358 g/mol. The molecule has 1 aliphatic rings. The molecule has 3 heterocycles. The van der Waals surface area contributed by atoms with Crippen molar-refractivity contribution >= 4 is 17.2 Å². The molecule has 0 fully saturated rings. The van der Waals surface area contributed by atoms with Crippen LogP contribution in [0.3, 0.4) is 0 Å². The Morgan fingerprint density at radius 2 is 2.24 bits per heavy atom. The highest BCUT2D eigenvalue weighted by Crippen LogP contribution is 2.23. The van der Waals surface area contributed by atoms with Crippen LogP contribution >= 0.6 is 11.3 Å².